The van der Waals surface area contributed by atoms with Gasteiger partial charge in [-0.3, -0.25) is 14.4 Å². The number of carbonyl (C=O) groups is 3. The lowest BCUT2D eigenvalue weighted by Gasteiger charge is -2.21. The summed E-state index contributed by atoms with van der Waals surface area (Å²) in [7, 11) is 1.32. The van der Waals surface area contributed by atoms with Gasteiger partial charge >= 0.3 is 0 Å². The Bertz CT molecular complexity index is 1340. The van der Waals surface area contributed by atoms with Gasteiger partial charge in [0.1, 0.15) is 29.3 Å². The third-order valence-corrected chi connectivity index (χ3v) is 7.18. The van der Waals surface area contributed by atoms with Gasteiger partial charge in [-0.05, 0) is 45.2 Å². The zero-order valence-corrected chi connectivity index (χ0v) is 21.6. The van der Waals surface area contributed by atoms with E-state index in [1.807, 2.05) is 19.9 Å². The van der Waals surface area contributed by atoms with E-state index in [2.05, 4.69) is 20.9 Å². The number of benzene rings is 1. The number of halogens is 4. The summed E-state index contributed by atoms with van der Waals surface area (Å²) in [6.45, 7) is 3.68. The molecule has 1 aliphatic heterocycles. The van der Waals surface area contributed by atoms with Gasteiger partial charge in [-0.25, -0.2) is 13.2 Å². The number of rotatable bonds is 9. The van der Waals surface area contributed by atoms with Crippen molar-refractivity contribution in [3.8, 4) is 11.8 Å². The van der Waals surface area contributed by atoms with Crippen LogP contribution >= 0.6 is 11.6 Å². The summed E-state index contributed by atoms with van der Waals surface area (Å²) in [4.78, 5) is 40.9. The van der Waals surface area contributed by atoms with Crippen LogP contribution in [0.4, 0.5) is 13.2 Å². The topological polar surface area (TPSA) is 136 Å². The van der Waals surface area contributed by atoms with Gasteiger partial charge in [0.05, 0.1) is 23.7 Å². The second kappa shape index (κ2) is 10.0. The van der Waals surface area contributed by atoms with Crippen LogP contribution in [-0.4, -0.2) is 53.4 Å². The van der Waals surface area contributed by atoms with Crippen LogP contribution in [0.15, 0.2) is 12.1 Å². The molecule has 0 bridgehead atoms. The van der Waals surface area contributed by atoms with Crippen LogP contribution in [0.5, 0.6) is 5.75 Å². The SMILES string of the molecule is COc1c(Cl)cc(F)c2[nH]c(C(=O)N[C@@H](CC3CC3(F)F)C(=O)N[C@H](C#N)C[C@@H]3CC(C)(C)NC3=O)cc12. The van der Waals surface area contributed by atoms with Crippen molar-refractivity contribution in [3.63, 3.8) is 0 Å². The fourth-order valence-corrected chi connectivity index (χ4v) is 5.17. The molecule has 0 spiro atoms. The highest BCUT2D eigenvalue weighted by Crippen LogP contribution is 2.51. The van der Waals surface area contributed by atoms with Gasteiger partial charge in [0, 0.05) is 29.2 Å². The normalized spacial score (nSPS) is 22.7. The van der Waals surface area contributed by atoms with E-state index in [4.69, 9.17) is 16.3 Å². The largest absolute Gasteiger partial charge is 0.494 e. The molecule has 1 aromatic carbocycles. The van der Waals surface area contributed by atoms with Gasteiger partial charge in [-0.2, -0.15) is 5.26 Å². The van der Waals surface area contributed by atoms with Crippen molar-refractivity contribution in [1.29, 1.82) is 5.26 Å². The molecule has 13 heteroatoms. The van der Waals surface area contributed by atoms with Gasteiger partial charge in [-0.15, -0.1) is 0 Å². The van der Waals surface area contributed by atoms with E-state index in [0.717, 1.165) is 6.07 Å². The predicted octanol–water partition coefficient (Wildman–Crippen LogP) is 3.43. The Hall–Kier alpha value is -3.46. The third-order valence-electron chi connectivity index (χ3n) is 6.90. The third kappa shape index (κ3) is 5.67. The summed E-state index contributed by atoms with van der Waals surface area (Å²) in [6, 6.07) is 1.72. The Kier molecular flexibility index (Phi) is 7.27. The molecule has 4 rings (SSSR count). The number of hydrogen-bond acceptors (Lipinski definition) is 5. The molecule has 38 heavy (non-hydrogen) atoms. The van der Waals surface area contributed by atoms with Crippen molar-refractivity contribution in [3.05, 3.63) is 28.7 Å². The Morgan fingerprint density at radius 1 is 1.26 bits per heavy atom. The van der Waals surface area contributed by atoms with Gasteiger partial charge < -0.3 is 25.7 Å². The van der Waals surface area contributed by atoms with Gasteiger partial charge in [0.15, 0.2) is 0 Å². The number of nitrogens with zero attached hydrogens (tertiary/aromatic N) is 1. The highest BCUT2D eigenvalue weighted by atomic mass is 35.5. The first-order chi connectivity index (χ1) is 17.7. The van der Waals surface area contributed by atoms with Crippen molar-refractivity contribution in [2.45, 2.75) is 63.1 Å². The number of aromatic nitrogens is 1. The Balaban J connectivity index is 1.51. The van der Waals surface area contributed by atoms with Crippen molar-refractivity contribution in [2.75, 3.05) is 7.11 Å². The Morgan fingerprint density at radius 3 is 2.50 bits per heavy atom. The molecule has 1 unspecified atom stereocenters. The fraction of sp³-hybridized carbons (Fsp3) is 0.520. The highest BCUT2D eigenvalue weighted by molar-refractivity contribution is 6.33. The number of fused-ring (bicyclic) bond motifs is 1. The van der Waals surface area contributed by atoms with Gasteiger partial charge in [-0.1, -0.05) is 11.6 Å². The maximum atomic E-state index is 14.4. The van der Waals surface area contributed by atoms with Gasteiger partial charge in [0.2, 0.25) is 11.8 Å². The monoisotopic (exact) mass is 553 g/mol. The number of amides is 3. The number of carbonyl (C=O) groups excluding carboxylic acids is 3. The molecule has 9 nitrogen and oxygen atoms in total. The Morgan fingerprint density at radius 2 is 1.95 bits per heavy atom. The molecule has 1 aliphatic carbocycles. The molecule has 2 aromatic rings. The maximum Gasteiger partial charge on any atom is 0.268 e. The molecule has 2 aliphatic rings. The van der Waals surface area contributed by atoms with Crippen LogP contribution < -0.4 is 20.7 Å². The zero-order valence-electron chi connectivity index (χ0n) is 20.9. The number of ether oxygens (including phenoxy) is 1. The minimum atomic E-state index is -2.96. The van der Waals surface area contributed by atoms with E-state index in [-0.39, 0.29) is 46.1 Å². The average molecular weight is 554 g/mol. The second-order valence-electron chi connectivity index (χ2n) is 10.5. The van der Waals surface area contributed by atoms with E-state index >= 15 is 0 Å². The molecule has 1 saturated heterocycles. The quantitative estimate of drug-likeness (QED) is 0.377. The van der Waals surface area contributed by atoms with Crippen molar-refractivity contribution in [1.82, 2.24) is 20.9 Å². The van der Waals surface area contributed by atoms with E-state index in [1.54, 1.807) is 0 Å². The molecule has 204 valence electrons. The van der Waals surface area contributed by atoms with E-state index in [1.165, 1.54) is 13.2 Å². The number of alkyl halides is 2. The number of hydrogen-bond donors (Lipinski definition) is 4. The van der Waals surface area contributed by atoms with E-state index in [0.29, 0.717) is 6.42 Å². The molecular weight excluding hydrogens is 527 g/mol. The molecule has 1 aromatic heterocycles. The fourth-order valence-electron chi connectivity index (χ4n) is 4.89. The van der Waals surface area contributed by atoms with E-state index in [9.17, 15) is 32.8 Å². The lowest BCUT2D eigenvalue weighted by atomic mass is 9.92. The first-order valence-electron chi connectivity index (χ1n) is 12.0. The first-order valence-corrected chi connectivity index (χ1v) is 12.4. The van der Waals surface area contributed by atoms with Gasteiger partial charge in [0.25, 0.3) is 11.8 Å². The molecule has 4 atom stereocenters. The van der Waals surface area contributed by atoms with Crippen LogP contribution in [0.2, 0.25) is 5.02 Å². The summed E-state index contributed by atoms with van der Waals surface area (Å²) < 4.78 is 47.0. The number of nitriles is 1. The molecule has 1 saturated carbocycles. The summed E-state index contributed by atoms with van der Waals surface area (Å²) >= 11 is 6.01. The highest BCUT2D eigenvalue weighted by Gasteiger charge is 2.57. The van der Waals surface area contributed by atoms with Crippen LogP contribution in [0.1, 0.15) is 50.0 Å². The average Bonchev–Trinajstić information content (AvgIpc) is 3.12. The standard InChI is InChI=1S/C25H27ClF3N5O4/c1-24(2)8-11(21(35)34-24)4-13(10-30)31-22(36)17(5-12-9-25(12,28)29)33-23(37)18-6-14-19(32-18)16(27)7-15(26)20(14)38-3/h6-7,11-13,17,32H,4-5,8-9H2,1-3H3,(H,31,36)(H,33,37)(H,34,35)/t11-,12?,13+,17+/m1/s1. The van der Waals surface area contributed by atoms with E-state index < -0.39 is 59.4 Å². The summed E-state index contributed by atoms with van der Waals surface area (Å²) in [5.41, 5.74) is -0.666. The molecule has 2 heterocycles. The molecule has 3 amide bonds. The van der Waals surface area contributed by atoms with Crippen molar-refractivity contribution >= 4 is 40.2 Å². The molecule has 2 fully saturated rings. The maximum absolute atomic E-state index is 14.4. The minimum Gasteiger partial charge on any atom is -0.494 e. The number of aromatic amines is 1. The first kappa shape index (κ1) is 27.6. The molecular formula is C25H27ClF3N5O4. The van der Waals surface area contributed by atoms with Crippen LogP contribution in [-0.2, 0) is 9.59 Å². The minimum absolute atomic E-state index is 0.0152. The number of H-pyrrole nitrogens is 1. The predicted molar refractivity (Wildman–Crippen MR) is 131 cm³/mol. The summed E-state index contributed by atoms with van der Waals surface area (Å²) in [5.74, 6) is -7.15. The Labute approximate surface area is 221 Å². The smallest absolute Gasteiger partial charge is 0.268 e. The molecule has 4 N–H and O–H groups in total. The summed E-state index contributed by atoms with van der Waals surface area (Å²) in [5, 5.41) is 17.5. The second-order valence-corrected chi connectivity index (χ2v) is 10.9. The van der Waals surface area contributed by atoms with Crippen LogP contribution in [0.3, 0.4) is 0 Å². The lowest BCUT2D eigenvalue weighted by molar-refractivity contribution is -0.125. The number of methoxy groups -OCH3 is 1. The lowest BCUT2D eigenvalue weighted by Crippen LogP contribution is -2.50. The van der Waals surface area contributed by atoms with Crippen molar-refractivity contribution in [2.24, 2.45) is 11.8 Å². The van der Waals surface area contributed by atoms with Crippen LogP contribution in [0.25, 0.3) is 10.9 Å². The number of nitrogens with one attached hydrogen (secondary N) is 4. The molecule has 0 radical (unpaired) electrons. The summed E-state index contributed by atoms with van der Waals surface area (Å²) in [6.07, 6.45) is -0.319. The zero-order chi connectivity index (χ0) is 28.0. The van der Waals surface area contributed by atoms with Crippen LogP contribution in [0, 0.1) is 29.0 Å². The van der Waals surface area contributed by atoms with Crippen molar-refractivity contribution < 1.29 is 32.3 Å².